The SMILES string of the molecule is Cc1cc(Br)cc(N)c1NC(=O)c1ccc(Br)c(O)c1. The number of carbonyl (C=O) groups is 1. The molecule has 0 aliphatic rings. The average Bonchev–Trinajstić information content (AvgIpc) is 2.36. The van der Waals surface area contributed by atoms with Crippen LogP contribution in [-0.2, 0) is 0 Å². The quantitative estimate of drug-likeness (QED) is 0.666. The van der Waals surface area contributed by atoms with Crippen molar-refractivity contribution in [2.45, 2.75) is 6.92 Å². The van der Waals surface area contributed by atoms with Gasteiger partial charge in [-0.05, 0) is 58.7 Å². The Bertz CT molecular complexity index is 664. The van der Waals surface area contributed by atoms with Crippen LogP contribution in [0.4, 0.5) is 11.4 Å². The maximum Gasteiger partial charge on any atom is 0.255 e. The van der Waals surface area contributed by atoms with Gasteiger partial charge in [-0.15, -0.1) is 0 Å². The fourth-order valence-corrected chi connectivity index (χ4v) is 2.62. The summed E-state index contributed by atoms with van der Waals surface area (Å²) in [4.78, 5) is 12.2. The third-order valence-electron chi connectivity index (χ3n) is 2.78. The first-order valence-corrected chi connectivity index (χ1v) is 7.32. The number of halogens is 2. The number of hydrogen-bond acceptors (Lipinski definition) is 3. The first-order chi connectivity index (χ1) is 9.38. The van der Waals surface area contributed by atoms with E-state index in [0.717, 1.165) is 10.0 Å². The van der Waals surface area contributed by atoms with Gasteiger partial charge in [-0.1, -0.05) is 15.9 Å². The van der Waals surface area contributed by atoms with Crippen molar-refractivity contribution in [3.05, 3.63) is 50.4 Å². The van der Waals surface area contributed by atoms with Crippen LogP contribution in [0.5, 0.6) is 5.75 Å². The van der Waals surface area contributed by atoms with Crippen LogP contribution in [0.3, 0.4) is 0 Å². The molecule has 0 bridgehead atoms. The number of phenols is 1. The Morgan fingerprint density at radius 3 is 2.55 bits per heavy atom. The molecule has 0 saturated carbocycles. The standard InChI is InChI=1S/C14H12Br2N2O2/c1-7-4-9(15)6-11(17)13(7)18-14(20)8-2-3-10(16)12(19)5-8/h2-6,19H,17H2,1H3,(H,18,20). The van der Waals surface area contributed by atoms with E-state index in [0.29, 0.717) is 21.4 Å². The molecule has 2 aromatic carbocycles. The molecule has 0 atom stereocenters. The zero-order valence-electron chi connectivity index (χ0n) is 10.6. The second-order valence-electron chi connectivity index (χ2n) is 4.31. The molecule has 0 unspecified atom stereocenters. The molecule has 0 spiro atoms. The van der Waals surface area contributed by atoms with Gasteiger partial charge in [0.05, 0.1) is 15.8 Å². The van der Waals surface area contributed by atoms with E-state index >= 15 is 0 Å². The molecule has 2 aromatic rings. The van der Waals surface area contributed by atoms with Crippen LogP contribution in [0.2, 0.25) is 0 Å². The van der Waals surface area contributed by atoms with Crippen molar-refractivity contribution in [2.75, 3.05) is 11.1 Å². The Kier molecular flexibility index (Phi) is 4.35. The van der Waals surface area contributed by atoms with Crippen LogP contribution >= 0.6 is 31.9 Å². The van der Waals surface area contributed by atoms with Gasteiger partial charge in [0.15, 0.2) is 0 Å². The minimum absolute atomic E-state index is 0.0122. The molecule has 0 aliphatic heterocycles. The zero-order valence-corrected chi connectivity index (χ0v) is 13.7. The molecule has 20 heavy (non-hydrogen) atoms. The summed E-state index contributed by atoms with van der Waals surface area (Å²) in [5.74, 6) is -0.317. The topological polar surface area (TPSA) is 75.3 Å². The van der Waals surface area contributed by atoms with Crippen LogP contribution < -0.4 is 11.1 Å². The number of rotatable bonds is 2. The van der Waals surface area contributed by atoms with E-state index in [1.165, 1.54) is 6.07 Å². The van der Waals surface area contributed by atoms with Crippen LogP contribution in [-0.4, -0.2) is 11.0 Å². The maximum atomic E-state index is 12.2. The monoisotopic (exact) mass is 398 g/mol. The fourth-order valence-electron chi connectivity index (χ4n) is 1.78. The molecule has 1 amide bonds. The average molecular weight is 400 g/mol. The number of nitrogens with two attached hydrogens (primary N) is 1. The molecule has 0 radical (unpaired) electrons. The Labute approximate surface area is 133 Å². The normalized spacial score (nSPS) is 10.3. The van der Waals surface area contributed by atoms with Crippen molar-refractivity contribution in [1.82, 2.24) is 0 Å². The first-order valence-electron chi connectivity index (χ1n) is 5.74. The molecule has 0 aromatic heterocycles. The van der Waals surface area contributed by atoms with E-state index in [2.05, 4.69) is 37.2 Å². The largest absolute Gasteiger partial charge is 0.507 e. The molecule has 0 saturated heterocycles. The van der Waals surface area contributed by atoms with Crippen LogP contribution in [0.1, 0.15) is 15.9 Å². The fraction of sp³-hybridized carbons (Fsp3) is 0.0714. The number of carbonyl (C=O) groups excluding carboxylic acids is 1. The van der Waals surface area contributed by atoms with E-state index in [4.69, 9.17) is 5.73 Å². The lowest BCUT2D eigenvalue weighted by Crippen LogP contribution is -2.14. The van der Waals surface area contributed by atoms with E-state index < -0.39 is 0 Å². The molecule has 0 aliphatic carbocycles. The predicted octanol–water partition coefficient (Wildman–Crippen LogP) is 4.06. The number of anilines is 2. The second kappa shape index (κ2) is 5.85. The zero-order chi connectivity index (χ0) is 14.9. The summed E-state index contributed by atoms with van der Waals surface area (Å²) in [6, 6.07) is 8.21. The van der Waals surface area contributed by atoms with E-state index in [9.17, 15) is 9.90 Å². The van der Waals surface area contributed by atoms with Gasteiger partial charge in [0.25, 0.3) is 5.91 Å². The van der Waals surface area contributed by atoms with Gasteiger partial charge >= 0.3 is 0 Å². The number of aromatic hydroxyl groups is 1. The molecule has 104 valence electrons. The summed E-state index contributed by atoms with van der Waals surface area (Å²) in [6.45, 7) is 1.86. The van der Waals surface area contributed by atoms with E-state index in [-0.39, 0.29) is 11.7 Å². The van der Waals surface area contributed by atoms with Crippen LogP contribution in [0.15, 0.2) is 39.3 Å². The summed E-state index contributed by atoms with van der Waals surface area (Å²) >= 11 is 6.51. The number of aryl methyl sites for hydroxylation is 1. The number of hydrogen-bond donors (Lipinski definition) is 3. The summed E-state index contributed by atoms with van der Waals surface area (Å²) in [5.41, 5.74) is 8.16. The van der Waals surface area contributed by atoms with E-state index in [1.54, 1.807) is 18.2 Å². The summed E-state index contributed by atoms with van der Waals surface area (Å²) < 4.78 is 1.39. The van der Waals surface area contributed by atoms with Gasteiger partial charge in [-0.2, -0.15) is 0 Å². The van der Waals surface area contributed by atoms with Gasteiger partial charge in [0.1, 0.15) is 5.75 Å². The Morgan fingerprint density at radius 2 is 1.95 bits per heavy atom. The van der Waals surface area contributed by atoms with Gasteiger partial charge in [0, 0.05) is 10.0 Å². The summed E-state index contributed by atoms with van der Waals surface area (Å²) in [7, 11) is 0. The van der Waals surface area contributed by atoms with Gasteiger partial charge in [-0.3, -0.25) is 4.79 Å². The Hall–Kier alpha value is -1.53. The smallest absolute Gasteiger partial charge is 0.255 e. The minimum atomic E-state index is -0.329. The third kappa shape index (κ3) is 3.13. The van der Waals surface area contributed by atoms with Crippen molar-refractivity contribution >= 4 is 49.1 Å². The molecular formula is C14H12Br2N2O2. The van der Waals surface area contributed by atoms with Crippen molar-refractivity contribution in [1.29, 1.82) is 0 Å². The number of phenolic OH excluding ortho intramolecular Hbond substituents is 1. The number of nitrogen functional groups attached to an aromatic ring is 1. The highest BCUT2D eigenvalue weighted by Gasteiger charge is 2.12. The third-order valence-corrected chi connectivity index (χ3v) is 3.91. The molecule has 0 fully saturated rings. The summed E-state index contributed by atoms with van der Waals surface area (Å²) in [5, 5.41) is 12.4. The Balaban J connectivity index is 2.30. The molecule has 2 rings (SSSR count). The van der Waals surface area contributed by atoms with Crippen molar-refractivity contribution in [3.63, 3.8) is 0 Å². The lowest BCUT2D eigenvalue weighted by molar-refractivity contribution is 0.102. The highest BCUT2D eigenvalue weighted by Crippen LogP contribution is 2.29. The first kappa shape index (κ1) is 14.9. The van der Waals surface area contributed by atoms with Gasteiger partial charge in [-0.25, -0.2) is 0 Å². The molecule has 4 nitrogen and oxygen atoms in total. The van der Waals surface area contributed by atoms with Crippen molar-refractivity contribution in [3.8, 4) is 5.75 Å². The number of nitrogens with one attached hydrogen (secondary N) is 1. The molecule has 0 heterocycles. The predicted molar refractivity (Wildman–Crippen MR) is 87.1 cm³/mol. The number of benzene rings is 2. The molecule has 4 N–H and O–H groups in total. The second-order valence-corrected chi connectivity index (χ2v) is 6.08. The van der Waals surface area contributed by atoms with Crippen LogP contribution in [0.25, 0.3) is 0 Å². The lowest BCUT2D eigenvalue weighted by atomic mass is 10.1. The molecular weight excluding hydrogens is 388 g/mol. The van der Waals surface area contributed by atoms with Crippen molar-refractivity contribution in [2.24, 2.45) is 0 Å². The van der Waals surface area contributed by atoms with Crippen LogP contribution in [0, 0.1) is 6.92 Å². The van der Waals surface area contributed by atoms with Gasteiger partial charge in [0.2, 0.25) is 0 Å². The highest BCUT2D eigenvalue weighted by atomic mass is 79.9. The van der Waals surface area contributed by atoms with Gasteiger partial charge < -0.3 is 16.2 Å². The maximum absolute atomic E-state index is 12.2. The number of amides is 1. The summed E-state index contributed by atoms with van der Waals surface area (Å²) in [6.07, 6.45) is 0. The highest BCUT2D eigenvalue weighted by molar-refractivity contribution is 9.10. The lowest BCUT2D eigenvalue weighted by Gasteiger charge is -2.12. The Morgan fingerprint density at radius 1 is 1.25 bits per heavy atom. The van der Waals surface area contributed by atoms with E-state index in [1.807, 2.05) is 13.0 Å². The molecule has 6 heteroatoms. The van der Waals surface area contributed by atoms with Crippen molar-refractivity contribution < 1.29 is 9.90 Å². The minimum Gasteiger partial charge on any atom is -0.507 e.